The van der Waals surface area contributed by atoms with Gasteiger partial charge in [-0.05, 0) is 36.4 Å². The van der Waals surface area contributed by atoms with Crippen LogP contribution in [0.25, 0.3) is 10.8 Å². The number of benzene rings is 1. The first kappa shape index (κ1) is 13.4. The number of pyridine rings is 1. The Morgan fingerprint density at radius 2 is 1.83 bits per heavy atom. The third kappa shape index (κ3) is 3.71. The summed E-state index contributed by atoms with van der Waals surface area (Å²) in [6.45, 7) is 2.24. The lowest BCUT2D eigenvalue weighted by Gasteiger charge is -2.03. The predicted molar refractivity (Wildman–Crippen MR) is 79.2 cm³/mol. The van der Waals surface area contributed by atoms with Gasteiger partial charge in [-0.15, -0.1) is 0 Å². The summed E-state index contributed by atoms with van der Waals surface area (Å²) in [5.74, 6) is 0. The molecule has 2 rings (SSSR count). The molecule has 0 bridgehead atoms. The van der Waals surface area contributed by atoms with Gasteiger partial charge in [-0.25, -0.2) is 0 Å². The van der Waals surface area contributed by atoms with Crippen LogP contribution in [-0.2, 0) is 6.42 Å². The Labute approximate surface area is 114 Å². The average Bonchev–Trinajstić information content (AvgIpc) is 2.38. The van der Waals surface area contributed by atoms with E-state index >= 15 is 0 Å². The standard InChI is InChI=1S/C16H20ClN/c1-2-3-4-5-6-7-16-11-14-10-15(17)9-8-13(14)12-18-16/h8-12H,2-7H2,1H3. The van der Waals surface area contributed by atoms with Gasteiger partial charge in [0.1, 0.15) is 0 Å². The van der Waals surface area contributed by atoms with Gasteiger partial charge in [0, 0.05) is 22.3 Å². The average molecular weight is 262 g/mol. The number of rotatable bonds is 6. The Morgan fingerprint density at radius 3 is 2.67 bits per heavy atom. The Bertz CT molecular complexity index is 507. The van der Waals surface area contributed by atoms with E-state index in [2.05, 4.69) is 18.0 Å². The molecule has 1 aromatic heterocycles. The second-order valence-corrected chi connectivity index (χ2v) is 5.27. The lowest BCUT2D eigenvalue weighted by molar-refractivity contribution is 0.628. The molecule has 18 heavy (non-hydrogen) atoms. The number of aromatic nitrogens is 1. The molecule has 0 N–H and O–H groups in total. The number of halogens is 1. The second-order valence-electron chi connectivity index (χ2n) is 4.83. The van der Waals surface area contributed by atoms with Crippen LogP contribution in [0.15, 0.2) is 30.5 Å². The Hall–Kier alpha value is -1.08. The Morgan fingerprint density at radius 1 is 1.00 bits per heavy atom. The highest BCUT2D eigenvalue weighted by atomic mass is 35.5. The van der Waals surface area contributed by atoms with Crippen LogP contribution < -0.4 is 0 Å². The number of hydrogen-bond acceptors (Lipinski definition) is 1. The van der Waals surface area contributed by atoms with Crippen molar-refractivity contribution in [3.05, 3.63) is 41.2 Å². The SMILES string of the molecule is CCCCCCCc1cc2cc(Cl)ccc2cn1. The molecule has 1 nitrogen and oxygen atoms in total. The number of nitrogens with zero attached hydrogens (tertiary/aromatic N) is 1. The number of aryl methyl sites for hydroxylation is 1. The van der Waals surface area contributed by atoms with Crippen LogP contribution >= 0.6 is 11.6 Å². The van der Waals surface area contributed by atoms with Crippen molar-refractivity contribution in [2.24, 2.45) is 0 Å². The van der Waals surface area contributed by atoms with E-state index in [1.165, 1.54) is 43.2 Å². The van der Waals surface area contributed by atoms with Gasteiger partial charge in [0.05, 0.1) is 0 Å². The molecule has 0 saturated heterocycles. The van der Waals surface area contributed by atoms with Gasteiger partial charge in [0.15, 0.2) is 0 Å². The van der Waals surface area contributed by atoms with Crippen molar-refractivity contribution in [2.45, 2.75) is 45.4 Å². The predicted octanol–water partition coefficient (Wildman–Crippen LogP) is 5.40. The molecule has 0 aliphatic rings. The molecule has 0 amide bonds. The van der Waals surface area contributed by atoms with E-state index in [1.54, 1.807) is 0 Å². The molecular weight excluding hydrogens is 242 g/mol. The molecule has 0 aliphatic carbocycles. The van der Waals surface area contributed by atoms with Crippen molar-refractivity contribution in [3.8, 4) is 0 Å². The van der Waals surface area contributed by atoms with Crippen LogP contribution in [0.5, 0.6) is 0 Å². The minimum atomic E-state index is 0.794. The lowest BCUT2D eigenvalue weighted by atomic mass is 10.1. The molecule has 0 atom stereocenters. The fourth-order valence-electron chi connectivity index (χ4n) is 2.20. The van der Waals surface area contributed by atoms with Gasteiger partial charge >= 0.3 is 0 Å². The zero-order chi connectivity index (χ0) is 12.8. The zero-order valence-electron chi connectivity index (χ0n) is 11.0. The summed E-state index contributed by atoms with van der Waals surface area (Å²) in [5, 5.41) is 3.15. The summed E-state index contributed by atoms with van der Waals surface area (Å²) < 4.78 is 0. The highest BCUT2D eigenvalue weighted by Gasteiger charge is 1.99. The lowest BCUT2D eigenvalue weighted by Crippen LogP contribution is -1.90. The highest BCUT2D eigenvalue weighted by molar-refractivity contribution is 6.31. The van der Waals surface area contributed by atoms with Crippen LogP contribution in [0.1, 0.15) is 44.7 Å². The van der Waals surface area contributed by atoms with Crippen LogP contribution in [-0.4, -0.2) is 4.98 Å². The normalized spacial score (nSPS) is 11.0. The van der Waals surface area contributed by atoms with Crippen molar-refractivity contribution < 1.29 is 0 Å². The molecule has 0 saturated carbocycles. The van der Waals surface area contributed by atoms with Gasteiger partial charge in [-0.3, -0.25) is 4.98 Å². The van der Waals surface area contributed by atoms with Gasteiger partial charge in [0.25, 0.3) is 0 Å². The van der Waals surface area contributed by atoms with E-state index in [9.17, 15) is 0 Å². The highest BCUT2D eigenvalue weighted by Crippen LogP contribution is 2.20. The molecule has 0 unspecified atom stereocenters. The molecule has 96 valence electrons. The van der Waals surface area contributed by atoms with E-state index in [1.807, 2.05) is 24.4 Å². The summed E-state index contributed by atoms with van der Waals surface area (Å²) >= 11 is 6.01. The van der Waals surface area contributed by atoms with Crippen LogP contribution in [0, 0.1) is 0 Å². The maximum atomic E-state index is 6.01. The van der Waals surface area contributed by atoms with E-state index in [0.717, 1.165) is 16.8 Å². The quantitative estimate of drug-likeness (QED) is 0.635. The molecular formula is C16H20ClN. The molecule has 0 fully saturated rings. The van der Waals surface area contributed by atoms with Gasteiger partial charge in [-0.1, -0.05) is 50.3 Å². The molecule has 1 aromatic carbocycles. The number of fused-ring (bicyclic) bond motifs is 1. The van der Waals surface area contributed by atoms with Gasteiger partial charge < -0.3 is 0 Å². The van der Waals surface area contributed by atoms with Crippen molar-refractivity contribution in [1.82, 2.24) is 4.98 Å². The fourth-order valence-corrected chi connectivity index (χ4v) is 2.38. The van der Waals surface area contributed by atoms with Gasteiger partial charge in [-0.2, -0.15) is 0 Å². The first-order valence-corrected chi connectivity index (χ1v) is 7.21. The van der Waals surface area contributed by atoms with E-state index < -0.39 is 0 Å². The largest absolute Gasteiger partial charge is 0.261 e. The fraction of sp³-hybridized carbons (Fsp3) is 0.438. The Kier molecular flexibility index (Phi) is 5.00. The van der Waals surface area contributed by atoms with Gasteiger partial charge in [0.2, 0.25) is 0 Å². The molecule has 0 aliphatic heterocycles. The van der Waals surface area contributed by atoms with Crippen LogP contribution in [0.2, 0.25) is 5.02 Å². The van der Waals surface area contributed by atoms with Crippen LogP contribution in [0.3, 0.4) is 0 Å². The third-order valence-corrected chi connectivity index (χ3v) is 3.51. The minimum absolute atomic E-state index is 0.794. The maximum absolute atomic E-state index is 6.01. The van der Waals surface area contributed by atoms with E-state index in [-0.39, 0.29) is 0 Å². The van der Waals surface area contributed by atoms with Crippen molar-refractivity contribution in [2.75, 3.05) is 0 Å². The summed E-state index contributed by atoms with van der Waals surface area (Å²) in [5.41, 5.74) is 1.18. The van der Waals surface area contributed by atoms with E-state index in [0.29, 0.717) is 0 Å². The summed E-state index contributed by atoms with van der Waals surface area (Å²) in [4.78, 5) is 4.51. The van der Waals surface area contributed by atoms with Crippen LogP contribution in [0.4, 0.5) is 0 Å². The number of hydrogen-bond donors (Lipinski definition) is 0. The summed E-state index contributed by atoms with van der Waals surface area (Å²) in [6, 6.07) is 8.12. The van der Waals surface area contributed by atoms with Crippen molar-refractivity contribution in [1.29, 1.82) is 0 Å². The Balaban J connectivity index is 1.97. The van der Waals surface area contributed by atoms with Crippen molar-refractivity contribution >= 4 is 22.4 Å². The number of unbranched alkanes of at least 4 members (excludes halogenated alkanes) is 4. The zero-order valence-corrected chi connectivity index (χ0v) is 11.7. The molecule has 2 heteroatoms. The second kappa shape index (κ2) is 6.75. The van der Waals surface area contributed by atoms with Crippen molar-refractivity contribution in [3.63, 3.8) is 0 Å². The molecule has 0 spiro atoms. The minimum Gasteiger partial charge on any atom is -0.261 e. The first-order chi connectivity index (χ1) is 8.79. The topological polar surface area (TPSA) is 12.9 Å². The smallest absolute Gasteiger partial charge is 0.0412 e. The molecule has 2 aromatic rings. The first-order valence-electron chi connectivity index (χ1n) is 6.84. The van der Waals surface area contributed by atoms with E-state index in [4.69, 9.17) is 11.6 Å². The maximum Gasteiger partial charge on any atom is 0.0412 e. The summed E-state index contributed by atoms with van der Waals surface area (Å²) in [6.07, 6.45) is 9.56. The third-order valence-electron chi connectivity index (χ3n) is 3.28. The monoisotopic (exact) mass is 261 g/mol. The molecule has 0 radical (unpaired) electrons. The summed E-state index contributed by atoms with van der Waals surface area (Å²) in [7, 11) is 0. The molecule has 1 heterocycles.